The van der Waals surface area contributed by atoms with Crippen LogP contribution in [-0.2, 0) is 6.42 Å². The second-order valence-electron chi connectivity index (χ2n) is 6.55. The predicted molar refractivity (Wildman–Crippen MR) is 118 cm³/mol. The van der Waals surface area contributed by atoms with Crippen LogP contribution in [0.1, 0.15) is 21.6 Å². The Balaban J connectivity index is 1.71. The standard InChI is InChI=1S/C22H24BrN3O4/c1-14-19(13-25-26(14)16-7-5-15(23)6-8-16)22(27)24-10-9-18-20(29-3)11-17(28-2)12-21(18)30-4/h5-8,11-13H,9-10H2,1-4H3,(H,24,27). The van der Waals surface area contributed by atoms with E-state index in [0.29, 0.717) is 35.8 Å². The summed E-state index contributed by atoms with van der Waals surface area (Å²) in [6.07, 6.45) is 2.13. The maximum Gasteiger partial charge on any atom is 0.254 e. The van der Waals surface area contributed by atoms with Crippen LogP contribution in [0.2, 0.25) is 0 Å². The number of carbonyl (C=O) groups excluding carboxylic acids is 1. The molecule has 7 nitrogen and oxygen atoms in total. The third-order valence-corrected chi connectivity index (χ3v) is 5.33. The first-order valence-corrected chi connectivity index (χ1v) is 10.2. The lowest BCUT2D eigenvalue weighted by atomic mass is 10.1. The van der Waals surface area contributed by atoms with Gasteiger partial charge in [-0.15, -0.1) is 0 Å². The number of halogens is 1. The zero-order valence-corrected chi connectivity index (χ0v) is 18.9. The minimum Gasteiger partial charge on any atom is -0.496 e. The van der Waals surface area contributed by atoms with E-state index in [1.165, 1.54) is 0 Å². The number of nitrogens with one attached hydrogen (secondary N) is 1. The molecule has 0 spiro atoms. The molecule has 1 amide bonds. The Labute approximate surface area is 184 Å². The molecule has 0 fully saturated rings. The maximum absolute atomic E-state index is 12.7. The topological polar surface area (TPSA) is 74.6 Å². The van der Waals surface area contributed by atoms with Crippen molar-refractivity contribution in [2.24, 2.45) is 0 Å². The Morgan fingerprint density at radius 1 is 1.07 bits per heavy atom. The van der Waals surface area contributed by atoms with Gasteiger partial charge in [0, 0.05) is 28.7 Å². The first-order valence-electron chi connectivity index (χ1n) is 9.36. The monoisotopic (exact) mass is 473 g/mol. The van der Waals surface area contributed by atoms with Gasteiger partial charge in [0.05, 0.1) is 44.5 Å². The van der Waals surface area contributed by atoms with Crippen molar-refractivity contribution in [1.29, 1.82) is 0 Å². The number of aromatic nitrogens is 2. The van der Waals surface area contributed by atoms with Crippen molar-refractivity contribution < 1.29 is 19.0 Å². The van der Waals surface area contributed by atoms with Crippen molar-refractivity contribution in [1.82, 2.24) is 15.1 Å². The van der Waals surface area contributed by atoms with E-state index >= 15 is 0 Å². The number of hydrogen-bond donors (Lipinski definition) is 1. The van der Waals surface area contributed by atoms with Gasteiger partial charge >= 0.3 is 0 Å². The fourth-order valence-corrected chi connectivity index (χ4v) is 3.46. The van der Waals surface area contributed by atoms with Gasteiger partial charge in [0.2, 0.25) is 0 Å². The predicted octanol–water partition coefficient (Wildman–Crippen LogP) is 3.94. The van der Waals surface area contributed by atoms with Crippen LogP contribution in [-0.4, -0.2) is 43.6 Å². The van der Waals surface area contributed by atoms with Gasteiger partial charge in [-0.05, 0) is 37.6 Å². The normalized spacial score (nSPS) is 10.6. The lowest BCUT2D eigenvalue weighted by Crippen LogP contribution is -2.26. The number of rotatable bonds is 8. The highest BCUT2D eigenvalue weighted by Crippen LogP contribution is 2.34. The summed E-state index contributed by atoms with van der Waals surface area (Å²) >= 11 is 3.42. The van der Waals surface area contributed by atoms with E-state index in [0.717, 1.165) is 21.4 Å². The van der Waals surface area contributed by atoms with E-state index in [4.69, 9.17) is 14.2 Å². The minimum atomic E-state index is -0.178. The number of carbonyl (C=O) groups is 1. The molecule has 30 heavy (non-hydrogen) atoms. The van der Waals surface area contributed by atoms with Crippen LogP contribution in [0.25, 0.3) is 5.69 Å². The van der Waals surface area contributed by atoms with E-state index in [1.54, 1.807) is 44.3 Å². The van der Waals surface area contributed by atoms with Gasteiger partial charge in [0.15, 0.2) is 0 Å². The van der Waals surface area contributed by atoms with Crippen LogP contribution >= 0.6 is 15.9 Å². The number of amides is 1. The Kier molecular flexibility index (Phi) is 6.99. The van der Waals surface area contributed by atoms with Gasteiger partial charge in [-0.1, -0.05) is 15.9 Å². The Hall–Kier alpha value is -3.00. The average Bonchev–Trinajstić information content (AvgIpc) is 3.15. The van der Waals surface area contributed by atoms with Crippen molar-refractivity contribution in [2.45, 2.75) is 13.3 Å². The van der Waals surface area contributed by atoms with Crippen molar-refractivity contribution in [3.8, 4) is 22.9 Å². The molecule has 1 heterocycles. The molecule has 0 aliphatic rings. The fraction of sp³-hybridized carbons (Fsp3) is 0.273. The van der Waals surface area contributed by atoms with Gasteiger partial charge < -0.3 is 19.5 Å². The van der Waals surface area contributed by atoms with Crippen molar-refractivity contribution in [3.63, 3.8) is 0 Å². The second kappa shape index (κ2) is 9.67. The Morgan fingerprint density at radius 2 is 1.70 bits per heavy atom. The molecule has 8 heteroatoms. The summed E-state index contributed by atoms with van der Waals surface area (Å²) < 4.78 is 18.9. The largest absolute Gasteiger partial charge is 0.496 e. The fourth-order valence-electron chi connectivity index (χ4n) is 3.20. The van der Waals surface area contributed by atoms with Crippen LogP contribution < -0.4 is 19.5 Å². The summed E-state index contributed by atoms with van der Waals surface area (Å²) in [5, 5.41) is 7.31. The van der Waals surface area contributed by atoms with Crippen LogP contribution in [0.3, 0.4) is 0 Å². The molecule has 3 aromatic rings. The number of ether oxygens (including phenoxy) is 3. The van der Waals surface area contributed by atoms with Crippen molar-refractivity contribution >= 4 is 21.8 Å². The van der Waals surface area contributed by atoms with Crippen LogP contribution in [0.4, 0.5) is 0 Å². The maximum atomic E-state index is 12.7. The first kappa shape index (κ1) is 21.7. The second-order valence-corrected chi connectivity index (χ2v) is 7.46. The molecule has 3 rings (SSSR count). The molecule has 158 valence electrons. The third-order valence-electron chi connectivity index (χ3n) is 4.80. The van der Waals surface area contributed by atoms with Crippen LogP contribution in [0.15, 0.2) is 47.1 Å². The number of methoxy groups -OCH3 is 3. The molecule has 0 saturated heterocycles. The summed E-state index contributed by atoms with van der Waals surface area (Å²) in [7, 11) is 4.78. The summed E-state index contributed by atoms with van der Waals surface area (Å²) in [4.78, 5) is 12.7. The first-order chi connectivity index (χ1) is 14.5. The lowest BCUT2D eigenvalue weighted by molar-refractivity contribution is 0.0953. The van der Waals surface area contributed by atoms with E-state index in [9.17, 15) is 4.79 Å². The molecule has 1 N–H and O–H groups in total. The molecule has 0 unspecified atom stereocenters. The quantitative estimate of drug-likeness (QED) is 0.536. The summed E-state index contributed by atoms with van der Waals surface area (Å²) in [6, 6.07) is 11.3. The molecule has 0 bridgehead atoms. The highest BCUT2D eigenvalue weighted by Gasteiger charge is 2.17. The van der Waals surface area contributed by atoms with Gasteiger partial charge in [-0.3, -0.25) is 4.79 Å². The Bertz CT molecular complexity index is 1010. The van der Waals surface area contributed by atoms with E-state index < -0.39 is 0 Å². The van der Waals surface area contributed by atoms with Gasteiger partial charge in [0.25, 0.3) is 5.91 Å². The summed E-state index contributed by atoms with van der Waals surface area (Å²) in [5.41, 5.74) is 3.06. The zero-order valence-electron chi connectivity index (χ0n) is 17.4. The molecule has 0 aliphatic heterocycles. The van der Waals surface area contributed by atoms with E-state index in [1.807, 2.05) is 31.2 Å². The van der Waals surface area contributed by atoms with Crippen molar-refractivity contribution in [2.75, 3.05) is 27.9 Å². The number of nitrogens with zero attached hydrogens (tertiary/aromatic N) is 2. The summed E-state index contributed by atoms with van der Waals surface area (Å²) in [6.45, 7) is 2.29. The van der Waals surface area contributed by atoms with Gasteiger partial charge in [-0.2, -0.15) is 5.10 Å². The molecule has 0 atom stereocenters. The van der Waals surface area contributed by atoms with Crippen LogP contribution in [0, 0.1) is 6.92 Å². The Morgan fingerprint density at radius 3 is 2.27 bits per heavy atom. The molecule has 0 aliphatic carbocycles. The van der Waals surface area contributed by atoms with Crippen molar-refractivity contribution in [3.05, 3.63) is 63.9 Å². The highest BCUT2D eigenvalue weighted by molar-refractivity contribution is 9.10. The molecule has 0 saturated carbocycles. The molecule has 0 radical (unpaired) electrons. The molecule has 2 aromatic carbocycles. The average molecular weight is 474 g/mol. The minimum absolute atomic E-state index is 0.178. The SMILES string of the molecule is COc1cc(OC)c(CCNC(=O)c2cnn(-c3ccc(Br)cc3)c2C)c(OC)c1. The zero-order chi connectivity index (χ0) is 21.7. The molecular formula is C22H24BrN3O4. The smallest absolute Gasteiger partial charge is 0.254 e. The van der Waals surface area contributed by atoms with Gasteiger partial charge in [-0.25, -0.2) is 4.68 Å². The van der Waals surface area contributed by atoms with E-state index in [2.05, 4.69) is 26.3 Å². The molecular weight excluding hydrogens is 450 g/mol. The lowest BCUT2D eigenvalue weighted by Gasteiger charge is -2.15. The highest BCUT2D eigenvalue weighted by atomic mass is 79.9. The van der Waals surface area contributed by atoms with Gasteiger partial charge in [0.1, 0.15) is 17.2 Å². The number of benzene rings is 2. The summed E-state index contributed by atoms with van der Waals surface area (Å²) in [5.74, 6) is 1.77. The number of hydrogen-bond acceptors (Lipinski definition) is 5. The van der Waals surface area contributed by atoms with Crippen LogP contribution in [0.5, 0.6) is 17.2 Å². The van der Waals surface area contributed by atoms with E-state index in [-0.39, 0.29) is 5.91 Å². The third kappa shape index (κ3) is 4.59. The molecule has 1 aromatic heterocycles.